The van der Waals surface area contributed by atoms with Crippen molar-refractivity contribution < 1.29 is 14.3 Å². The summed E-state index contributed by atoms with van der Waals surface area (Å²) < 4.78 is 5.79. The maximum Gasteiger partial charge on any atom is 0.278 e. The van der Waals surface area contributed by atoms with Crippen molar-refractivity contribution in [1.82, 2.24) is 4.90 Å². The van der Waals surface area contributed by atoms with E-state index in [1.807, 2.05) is 19.1 Å². The highest BCUT2D eigenvalue weighted by atomic mass is 16.5. The Hall–Kier alpha value is -2.04. The van der Waals surface area contributed by atoms with E-state index in [0.717, 1.165) is 19.3 Å². The third-order valence-corrected chi connectivity index (χ3v) is 4.35. The lowest BCUT2D eigenvalue weighted by Gasteiger charge is -2.41. The van der Waals surface area contributed by atoms with Gasteiger partial charge in [-0.1, -0.05) is 12.1 Å². The van der Waals surface area contributed by atoms with E-state index in [0.29, 0.717) is 18.0 Å². The number of nitrogens with zero attached hydrogens (tertiary/aromatic N) is 1. The van der Waals surface area contributed by atoms with Gasteiger partial charge in [-0.15, -0.1) is 0 Å². The van der Waals surface area contributed by atoms with E-state index in [1.165, 1.54) is 0 Å². The number of amides is 2. The van der Waals surface area contributed by atoms with E-state index in [4.69, 9.17) is 4.74 Å². The third kappa shape index (κ3) is 2.26. The Morgan fingerprint density at radius 3 is 2.90 bits per heavy atom. The Morgan fingerprint density at radius 2 is 2.14 bits per heavy atom. The molecule has 2 aliphatic rings. The van der Waals surface area contributed by atoms with Crippen LogP contribution in [0, 0.1) is 0 Å². The van der Waals surface area contributed by atoms with Crippen molar-refractivity contribution in [3.05, 3.63) is 24.3 Å². The number of anilines is 1. The second-order valence-electron chi connectivity index (χ2n) is 5.93. The van der Waals surface area contributed by atoms with Crippen molar-refractivity contribution in [1.29, 1.82) is 0 Å². The van der Waals surface area contributed by atoms with E-state index >= 15 is 0 Å². The van der Waals surface area contributed by atoms with E-state index in [1.54, 1.807) is 24.0 Å². The van der Waals surface area contributed by atoms with E-state index in [2.05, 4.69) is 5.32 Å². The van der Waals surface area contributed by atoms with Gasteiger partial charge in [-0.2, -0.15) is 0 Å². The molecular formula is C16H20N2O3. The van der Waals surface area contributed by atoms with Gasteiger partial charge in [-0.25, -0.2) is 0 Å². The van der Waals surface area contributed by atoms with Crippen molar-refractivity contribution in [2.45, 2.75) is 44.8 Å². The van der Waals surface area contributed by atoms with Gasteiger partial charge in [0.2, 0.25) is 0 Å². The fourth-order valence-electron chi connectivity index (χ4n) is 2.98. The van der Waals surface area contributed by atoms with Crippen molar-refractivity contribution in [2.75, 3.05) is 11.9 Å². The van der Waals surface area contributed by atoms with Gasteiger partial charge in [0.15, 0.2) is 0 Å². The van der Waals surface area contributed by atoms with Gasteiger partial charge in [-0.05, 0) is 45.2 Å². The molecule has 21 heavy (non-hydrogen) atoms. The maximum atomic E-state index is 12.8. The van der Waals surface area contributed by atoms with Crippen LogP contribution in [0.25, 0.3) is 0 Å². The van der Waals surface area contributed by atoms with Crippen LogP contribution < -0.4 is 10.1 Å². The van der Waals surface area contributed by atoms with Gasteiger partial charge >= 0.3 is 0 Å². The number of piperidine rings is 1. The first-order valence-corrected chi connectivity index (χ1v) is 7.43. The Balaban J connectivity index is 1.90. The lowest BCUT2D eigenvalue weighted by Crippen LogP contribution is -2.61. The Morgan fingerprint density at radius 1 is 1.38 bits per heavy atom. The molecule has 5 heteroatoms. The molecule has 3 rings (SSSR count). The molecule has 1 N–H and O–H groups in total. The SMILES string of the molecule is CC1CCCCN1C(=O)C1(C)Oc2ccccc2NC1=O. The maximum absolute atomic E-state index is 12.8. The summed E-state index contributed by atoms with van der Waals surface area (Å²) in [6, 6.07) is 7.32. The highest BCUT2D eigenvalue weighted by Gasteiger charge is 2.50. The molecule has 1 saturated heterocycles. The number of hydrogen-bond donors (Lipinski definition) is 1. The zero-order valence-corrected chi connectivity index (χ0v) is 12.4. The summed E-state index contributed by atoms with van der Waals surface area (Å²) >= 11 is 0. The molecule has 0 aromatic heterocycles. The summed E-state index contributed by atoms with van der Waals surface area (Å²) in [5, 5.41) is 2.77. The molecule has 0 aliphatic carbocycles. The molecule has 1 aromatic rings. The normalized spacial score (nSPS) is 28.4. The van der Waals surface area contributed by atoms with Gasteiger partial charge in [0.1, 0.15) is 5.75 Å². The van der Waals surface area contributed by atoms with E-state index in [-0.39, 0.29) is 11.9 Å². The number of rotatable bonds is 1. The molecule has 0 radical (unpaired) electrons. The predicted octanol–water partition coefficient (Wildman–Crippen LogP) is 2.18. The predicted molar refractivity (Wildman–Crippen MR) is 79.1 cm³/mol. The van der Waals surface area contributed by atoms with Crippen LogP contribution in [0.1, 0.15) is 33.1 Å². The molecule has 0 bridgehead atoms. The van der Waals surface area contributed by atoms with Crippen molar-refractivity contribution in [2.24, 2.45) is 0 Å². The molecule has 2 atom stereocenters. The zero-order chi connectivity index (χ0) is 15.0. The molecule has 112 valence electrons. The van der Waals surface area contributed by atoms with Crippen LogP contribution >= 0.6 is 0 Å². The molecule has 0 saturated carbocycles. The average Bonchev–Trinajstić information content (AvgIpc) is 2.48. The minimum Gasteiger partial charge on any atom is -0.466 e. The molecule has 1 aromatic carbocycles. The molecule has 2 amide bonds. The van der Waals surface area contributed by atoms with Crippen LogP contribution in [-0.4, -0.2) is 34.9 Å². The van der Waals surface area contributed by atoms with Crippen LogP contribution in [0.15, 0.2) is 24.3 Å². The first-order chi connectivity index (χ1) is 10.0. The van der Waals surface area contributed by atoms with Crippen LogP contribution in [0.2, 0.25) is 0 Å². The fraction of sp³-hybridized carbons (Fsp3) is 0.500. The summed E-state index contributed by atoms with van der Waals surface area (Å²) in [7, 11) is 0. The van der Waals surface area contributed by atoms with Crippen LogP contribution in [0.4, 0.5) is 5.69 Å². The number of carbonyl (C=O) groups excluding carboxylic acids is 2. The Bertz CT molecular complexity index is 587. The molecule has 2 heterocycles. The van der Waals surface area contributed by atoms with Crippen molar-refractivity contribution in [3.63, 3.8) is 0 Å². The second kappa shape index (κ2) is 5.06. The van der Waals surface area contributed by atoms with Crippen molar-refractivity contribution in [3.8, 4) is 5.75 Å². The van der Waals surface area contributed by atoms with E-state index < -0.39 is 11.5 Å². The number of fused-ring (bicyclic) bond motifs is 1. The highest BCUT2D eigenvalue weighted by Crippen LogP contribution is 2.35. The van der Waals surface area contributed by atoms with Gasteiger partial charge in [0.05, 0.1) is 5.69 Å². The number of para-hydroxylation sites is 2. The summed E-state index contributed by atoms with van der Waals surface area (Å²) in [5.74, 6) is -0.108. The number of nitrogens with one attached hydrogen (secondary N) is 1. The number of benzene rings is 1. The third-order valence-electron chi connectivity index (χ3n) is 4.35. The molecule has 0 spiro atoms. The van der Waals surface area contributed by atoms with Gasteiger partial charge < -0.3 is 15.0 Å². The second-order valence-corrected chi connectivity index (χ2v) is 5.93. The minimum absolute atomic E-state index is 0.150. The summed E-state index contributed by atoms with van der Waals surface area (Å²) in [6.07, 6.45) is 3.07. The number of ether oxygens (including phenoxy) is 1. The topological polar surface area (TPSA) is 58.6 Å². The van der Waals surface area contributed by atoms with Crippen molar-refractivity contribution >= 4 is 17.5 Å². The monoisotopic (exact) mass is 288 g/mol. The molecule has 5 nitrogen and oxygen atoms in total. The summed E-state index contributed by atoms with van der Waals surface area (Å²) in [5.41, 5.74) is -0.876. The molecule has 2 aliphatic heterocycles. The fourth-order valence-corrected chi connectivity index (χ4v) is 2.98. The standard InChI is InChI=1S/C16H20N2O3/c1-11-7-5-6-10-18(11)15(20)16(2)14(19)17-12-8-3-4-9-13(12)21-16/h3-4,8-9,11H,5-7,10H2,1-2H3,(H,17,19). The smallest absolute Gasteiger partial charge is 0.278 e. The lowest BCUT2D eigenvalue weighted by atomic mass is 9.96. The van der Waals surface area contributed by atoms with Crippen LogP contribution in [-0.2, 0) is 9.59 Å². The largest absolute Gasteiger partial charge is 0.466 e. The molecular weight excluding hydrogens is 268 g/mol. The van der Waals surface area contributed by atoms with E-state index in [9.17, 15) is 9.59 Å². The first-order valence-electron chi connectivity index (χ1n) is 7.43. The van der Waals surface area contributed by atoms with Crippen LogP contribution in [0.3, 0.4) is 0 Å². The summed E-state index contributed by atoms with van der Waals surface area (Å²) in [6.45, 7) is 4.27. The number of carbonyl (C=O) groups is 2. The minimum atomic E-state index is -1.49. The quantitative estimate of drug-likeness (QED) is 0.806. The van der Waals surface area contributed by atoms with Gasteiger partial charge in [0, 0.05) is 12.6 Å². The first kappa shape index (κ1) is 13.9. The average molecular weight is 288 g/mol. The Kier molecular flexibility index (Phi) is 3.35. The molecule has 2 unspecified atom stereocenters. The highest BCUT2D eigenvalue weighted by molar-refractivity contribution is 6.15. The number of likely N-dealkylation sites (tertiary alicyclic amines) is 1. The zero-order valence-electron chi connectivity index (χ0n) is 12.4. The van der Waals surface area contributed by atoms with Gasteiger partial charge in [0.25, 0.3) is 17.4 Å². The summed E-state index contributed by atoms with van der Waals surface area (Å²) in [4.78, 5) is 27.0. The lowest BCUT2D eigenvalue weighted by molar-refractivity contribution is -0.157. The number of hydrogen-bond acceptors (Lipinski definition) is 3. The van der Waals surface area contributed by atoms with Crippen LogP contribution in [0.5, 0.6) is 5.75 Å². The Labute approximate surface area is 124 Å². The molecule has 1 fully saturated rings. The van der Waals surface area contributed by atoms with Gasteiger partial charge in [-0.3, -0.25) is 9.59 Å².